The van der Waals surface area contributed by atoms with Crippen molar-refractivity contribution in [2.24, 2.45) is 21.1 Å². The van der Waals surface area contributed by atoms with Gasteiger partial charge in [0.15, 0.2) is 0 Å². The molecule has 0 saturated heterocycles. The first kappa shape index (κ1) is 74.1. The Morgan fingerprint density at radius 1 is 0.132 bits per heavy atom. The number of rotatable bonds is 5. The van der Waals surface area contributed by atoms with Crippen LogP contribution in [-0.2, 0) is 34.2 Å². The zero-order valence-corrected chi connectivity index (χ0v) is 72.7. The Hall–Kier alpha value is -8.80. The summed E-state index contributed by atoms with van der Waals surface area (Å²) in [6.45, 7) is 86.7. The van der Waals surface area contributed by atoms with Gasteiger partial charge in [-0.1, -0.05) is 0 Å². The highest BCUT2D eigenvalue weighted by Gasteiger charge is 2.34. The van der Waals surface area contributed by atoms with Gasteiger partial charge in [-0.2, -0.15) is 0 Å². The van der Waals surface area contributed by atoms with Crippen molar-refractivity contribution in [1.82, 2.24) is 22.8 Å². The molecule has 5 heterocycles. The van der Waals surface area contributed by atoms with Crippen LogP contribution in [0.25, 0.3) is 142 Å². The Morgan fingerprint density at radius 3 is 0.415 bits per heavy atom. The molecule has 0 saturated carbocycles. The van der Waals surface area contributed by atoms with Gasteiger partial charge in [0.25, 0.3) is 0 Å². The smallest absolute Gasteiger partial charge is 0.0526 e. The van der Waals surface area contributed by atoms with Crippen LogP contribution in [0.2, 0.25) is 0 Å². The Labute approximate surface area is 634 Å². The van der Waals surface area contributed by atoms with Crippen molar-refractivity contribution >= 4 is 109 Å². The molecule has 0 amide bonds. The quantitative estimate of drug-likeness (QED) is 0.164. The zero-order valence-electron chi connectivity index (χ0n) is 72.7. The van der Waals surface area contributed by atoms with Gasteiger partial charge in [-0.3, -0.25) is 0 Å². The first-order chi connectivity index (χ1) is 49.6. The summed E-state index contributed by atoms with van der Waals surface area (Å²) in [6.07, 6.45) is 0. The van der Waals surface area contributed by atoms with Crippen molar-refractivity contribution in [2.45, 2.75) is 262 Å². The predicted octanol–water partition coefficient (Wildman–Crippen LogP) is 28.1. The predicted molar refractivity (Wildman–Crippen MR) is 470 cm³/mol. The highest BCUT2D eigenvalue weighted by molar-refractivity contribution is 6.23. The van der Waals surface area contributed by atoms with Crippen LogP contribution in [0.1, 0.15) is 203 Å². The molecule has 5 heteroatoms. The Morgan fingerprint density at radius 2 is 0.245 bits per heavy atom. The fourth-order valence-electron chi connectivity index (χ4n) is 22.4. The second-order valence-electron chi connectivity index (χ2n) is 33.9. The molecule has 5 nitrogen and oxygen atoms in total. The van der Waals surface area contributed by atoms with E-state index in [2.05, 4.69) is 293 Å². The molecule has 0 N–H and O–H groups in total. The Bertz CT molecular complexity index is 6420. The van der Waals surface area contributed by atoms with E-state index in [0.717, 1.165) is 13.1 Å². The van der Waals surface area contributed by atoms with E-state index in [1.54, 1.807) is 0 Å². The minimum absolute atomic E-state index is 0.922. The molecule has 0 aliphatic carbocycles. The number of aryl methyl sites for hydroxylation is 25. The molecule has 15 aromatic rings. The van der Waals surface area contributed by atoms with Gasteiger partial charge in [-0.15, -0.1) is 0 Å². The summed E-state index contributed by atoms with van der Waals surface area (Å²) in [5.41, 5.74) is 70.3. The molecule has 15 rings (SSSR count). The molecule has 106 heavy (non-hydrogen) atoms. The number of aromatic nitrogens is 5. The summed E-state index contributed by atoms with van der Waals surface area (Å²) in [5, 5.41) is 14.3. The van der Waals surface area contributed by atoms with Crippen LogP contribution in [-0.4, -0.2) is 22.8 Å². The number of nitrogens with zero attached hydrogens (tertiary/aromatic N) is 5. The molecule has 0 fully saturated rings. The van der Waals surface area contributed by atoms with E-state index in [-0.39, 0.29) is 0 Å². The van der Waals surface area contributed by atoms with Crippen LogP contribution in [0.5, 0.6) is 0 Å². The van der Waals surface area contributed by atoms with Crippen LogP contribution < -0.4 is 0 Å². The van der Waals surface area contributed by atoms with Crippen molar-refractivity contribution in [3.8, 4) is 33.4 Å². The van der Waals surface area contributed by atoms with Crippen LogP contribution in [0, 0.1) is 235 Å². The molecule has 0 radical (unpaired) electrons. The van der Waals surface area contributed by atoms with E-state index < -0.39 is 0 Å². The average Bonchev–Trinajstić information content (AvgIpc) is 1.53. The summed E-state index contributed by atoms with van der Waals surface area (Å²) >= 11 is 0. The summed E-state index contributed by atoms with van der Waals surface area (Å²) in [7, 11) is 6.86. The number of hydrogen-bond acceptors (Lipinski definition) is 0. The zero-order chi connectivity index (χ0) is 77.9. The van der Waals surface area contributed by atoms with E-state index in [0.29, 0.717) is 0 Å². The van der Waals surface area contributed by atoms with Gasteiger partial charge in [-0.25, -0.2) is 0 Å². The van der Waals surface area contributed by atoms with Crippen LogP contribution in [0.15, 0.2) is 0 Å². The van der Waals surface area contributed by atoms with Crippen molar-refractivity contribution in [1.29, 1.82) is 0 Å². The van der Waals surface area contributed by atoms with Gasteiger partial charge in [0, 0.05) is 88.1 Å². The fraction of sp³-hybridized carbons (Fsp3) is 0.406. The highest BCUT2D eigenvalue weighted by atomic mass is 15.0. The van der Waals surface area contributed by atoms with E-state index in [1.807, 2.05) is 0 Å². The lowest BCUT2D eigenvalue weighted by Gasteiger charge is -2.23. The summed E-state index contributed by atoms with van der Waals surface area (Å²) in [4.78, 5) is 0. The molecule has 0 unspecified atom stereocenters. The number of benzene rings is 10. The second kappa shape index (κ2) is 24.6. The fourth-order valence-corrected chi connectivity index (χ4v) is 22.4. The normalized spacial score (nSPS) is 12.4. The van der Waals surface area contributed by atoms with Crippen LogP contribution in [0.3, 0.4) is 0 Å². The molecule has 0 bridgehead atoms. The molecule has 550 valence electrons. The maximum atomic E-state index is 2.66. The van der Waals surface area contributed by atoms with Gasteiger partial charge in [0.2, 0.25) is 0 Å². The van der Waals surface area contributed by atoms with E-state index in [4.69, 9.17) is 0 Å². The molecular weight excluding hydrogens is 1280 g/mol. The second-order valence-corrected chi connectivity index (χ2v) is 33.9. The molecule has 0 atom stereocenters. The van der Waals surface area contributed by atoms with E-state index in [9.17, 15) is 0 Å². The van der Waals surface area contributed by atoms with Crippen LogP contribution >= 0.6 is 0 Å². The van der Waals surface area contributed by atoms with E-state index >= 15 is 0 Å². The molecular formula is C101H121N5. The first-order valence-corrected chi connectivity index (χ1v) is 39.6. The third-order valence-electron chi connectivity index (χ3n) is 30.0. The SMILES string of the molecule is CCn1c2c(C)c(C)c(-c3c(C)c(C)c4c(c3C)c3c(C)c(C)c(C)c(C)c3n4C)c(C)c2c2c(C)c(-c3c(C)c(C)c4c(c3C)c3c(C)c(C)c(C)c(C)c3n4C)c(C)c(C)c21.CCn1c2c(C)c(C)c(C)c(C)c2c2c(C)c(-c3c(C)c(C)c4c(c3C)c3c(C)c(C)c(C)c(C)c3n4C)c(C)c(C)c21. The minimum atomic E-state index is 0.922. The Kier molecular flexibility index (Phi) is 17.2. The third-order valence-corrected chi connectivity index (χ3v) is 30.0. The summed E-state index contributed by atoms with van der Waals surface area (Å²) in [6, 6.07) is 0. The van der Waals surface area contributed by atoms with Gasteiger partial charge in [0.05, 0.1) is 55.2 Å². The largest absolute Gasteiger partial charge is 0.343 e. The van der Waals surface area contributed by atoms with Gasteiger partial charge in [0.1, 0.15) is 0 Å². The molecule has 0 aliphatic heterocycles. The lowest BCUT2D eigenvalue weighted by Crippen LogP contribution is -2.04. The number of hydrogen-bond donors (Lipinski definition) is 0. The molecule has 0 spiro atoms. The maximum Gasteiger partial charge on any atom is 0.0526 e. The molecule has 10 aromatic carbocycles. The first-order valence-electron chi connectivity index (χ1n) is 39.6. The standard InChI is InChI=1S/C60H71N3.C41H50N2/c1-24-63-59-39(16)33(10)47(45-31(8)37(14)57-51(41(45)18)49-29(6)25(2)27(4)35(12)55(49)61(57)22)43(20)53(59)54-44(21)48(34(11)40(17)60(54)63)46-32(9)38(15)58-52(42(46)19)50-30(7)26(3)28(5)36(13)56(50)62(58)23;1-17-43-40-27(11)21(5)19(3)23(7)35(40)37-31(15)33(25(9)29(13)41(37)43)32-24(8)28(12)39-36(30(32)14)34-22(6)18(2)20(4)26(10)38(34)42(39)16/h24H2,1-23H3;17H2,1-16H3. The van der Waals surface area contributed by atoms with Crippen molar-refractivity contribution in [2.75, 3.05) is 0 Å². The number of fused-ring (bicyclic) bond motifs is 15. The Balaban J connectivity index is 0.000000191. The lowest BCUT2D eigenvalue weighted by molar-refractivity contribution is 0.820. The summed E-state index contributed by atoms with van der Waals surface area (Å²) < 4.78 is 12.8. The average molecular weight is 1410 g/mol. The van der Waals surface area contributed by atoms with Gasteiger partial charge >= 0.3 is 0 Å². The monoisotopic (exact) mass is 1400 g/mol. The molecule has 5 aromatic heterocycles. The van der Waals surface area contributed by atoms with Crippen molar-refractivity contribution < 1.29 is 0 Å². The van der Waals surface area contributed by atoms with Crippen molar-refractivity contribution in [3.05, 3.63) is 189 Å². The van der Waals surface area contributed by atoms with Gasteiger partial charge < -0.3 is 22.8 Å². The van der Waals surface area contributed by atoms with E-state index in [1.165, 1.54) is 332 Å². The lowest BCUT2D eigenvalue weighted by atomic mass is 9.80. The van der Waals surface area contributed by atoms with Crippen LogP contribution in [0.4, 0.5) is 0 Å². The topological polar surface area (TPSA) is 24.6 Å². The summed E-state index contributed by atoms with van der Waals surface area (Å²) in [5.74, 6) is 0. The van der Waals surface area contributed by atoms with Crippen molar-refractivity contribution in [3.63, 3.8) is 0 Å². The molecule has 0 aliphatic rings. The highest BCUT2D eigenvalue weighted by Crippen LogP contribution is 2.55. The minimum Gasteiger partial charge on any atom is -0.343 e. The maximum absolute atomic E-state index is 2.66. The third kappa shape index (κ3) is 8.95. The van der Waals surface area contributed by atoms with Gasteiger partial charge in [-0.05, 0) is 472 Å².